The van der Waals surface area contributed by atoms with Gasteiger partial charge >= 0.3 is 5.69 Å². The van der Waals surface area contributed by atoms with Gasteiger partial charge in [0.25, 0.3) is 0 Å². The molecular formula is C8H5FN2O3. The summed E-state index contributed by atoms with van der Waals surface area (Å²) in [7, 11) is 0. The van der Waals surface area contributed by atoms with E-state index in [4.69, 9.17) is 5.26 Å². The van der Waals surface area contributed by atoms with Gasteiger partial charge in [0.1, 0.15) is 0 Å². The lowest BCUT2D eigenvalue weighted by Gasteiger charge is -2.01. The van der Waals surface area contributed by atoms with Gasteiger partial charge in [0.2, 0.25) is 11.6 Å². The fraction of sp³-hybridized carbons (Fsp3) is 0.125. The molecule has 0 atom stereocenters. The van der Waals surface area contributed by atoms with Crippen molar-refractivity contribution in [3.05, 3.63) is 33.6 Å². The predicted octanol–water partition coefficient (Wildman–Crippen LogP) is 1.51. The first-order valence-electron chi connectivity index (χ1n) is 3.59. The van der Waals surface area contributed by atoms with Crippen LogP contribution in [-0.2, 0) is 6.42 Å². The SMILES string of the molecule is N#CCc1ccc(F)c([N+](=O)[O-])c1O. The van der Waals surface area contributed by atoms with E-state index in [9.17, 15) is 19.6 Å². The molecule has 0 aliphatic rings. The van der Waals surface area contributed by atoms with Crippen LogP contribution in [0.2, 0.25) is 0 Å². The summed E-state index contributed by atoms with van der Waals surface area (Å²) in [5.74, 6) is -1.90. The van der Waals surface area contributed by atoms with Gasteiger partial charge in [-0.25, -0.2) is 0 Å². The second-order valence-electron chi connectivity index (χ2n) is 2.50. The Labute approximate surface area is 78.2 Å². The summed E-state index contributed by atoms with van der Waals surface area (Å²) >= 11 is 0. The van der Waals surface area contributed by atoms with Crippen LogP contribution in [0.4, 0.5) is 10.1 Å². The van der Waals surface area contributed by atoms with Gasteiger partial charge in [-0.3, -0.25) is 10.1 Å². The molecule has 0 aromatic heterocycles. The Morgan fingerprint density at radius 1 is 1.64 bits per heavy atom. The summed E-state index contributed by atoms with van der Waals surface area (Å²) in [6, 6.07) is 3.70. The minimum atomic E-state index is -1.12. The lowest BCUT2D eigenvalue weighted by atomic mass is 10.1. The fourth-order valence-electron chi connectivity index (χ4n) is 0.998. The lowest BCUT2D eigenvalue weighted by molar-refractivity contribution is -0.388. The van der Waals surface area contributed by atoms with Crippen LogP contribution < -0.4 is 0 Å². The van der Waals surface area contributed by atoms with Gasteiger partial charge in [0, 0.05) is 5.56 Å². The Balaban J connectivity index is 3.35. The molecule has 0 amide bonds. The second kappa shape index (κ2) is 3.70. The van der Waals surface area contributed by atoms with E-state index in [2.05, 4.69) is 0 Å². The van der Waals surface area contributed by atoms with Crippen LogP contribution in [0.15, 0.2) is 12.1 Å². The highest BCUT2D eigenvalue weighted by molar-refractivity contribution is 5.52. The molecule has 0 saturated heterocycles. The first-order chi connectivity index (χ1) is 6.57. The largest absolute Gasteiger partial charge is 0.502 e. The minimum absolute atomic E-state index is 0.0422. The van der Waals surface area contributed by atoms with Crippen LogP contribution in [0.1, 0.15) is 5.56 Å². The molecule has 0 heterocycles. The summed E-state index contributed by atoms with van der Waals surface area (Å²) < 4.78 is 12.8. The molecule has 1 rings (SSSR count). The van der Waals surface area contributed by atoms with Gasteiger partial charge in [-0.15, -0.1) is 0 Å². The molecule has 0 unspecified atom stereocenters. The van der Waals surface area contributed by atoms with E-state index < -0.39 is 22.2 Å². The smallest absolute Gasteiger partial charge is 0.346 e. The molecule has 5 nitrogen and oxygen atoms in total. The van der Waals surface area contributed by atoms with Gasteiger partial charge in [0.05, 0.1) is 17.4 Å². The first kappa shape index (κ1) is 9.92. The van der Waals surface area contributed by atoms with Crippen molar-refractivity contribution in [2.45, 2.75) is 6.42 Å². The number of benzene rings is 1. The molecule has 0 fully saturated rings. The van der Waals surface area contributed by atoms with Gasteiger partial charge in [-0.2, -0.15) is 9.65 Å². The Morgan fingerprint density at radius 3 is 2.79 bits per heavy atom. The number of halogens is 1. The molecule has 0 radical (unpaired) electrons. The van der Waals surface area contributed by atoms with Crippen LogP contribution in [-0.4, -0.2) is 10.0 Å². The molecule has 14 heavy (non-hydrogen) atoms. The first-order valence-corrected chi connectivity index (χ1v) is 3.59. The molecule has 0 aliphatic carbocycles. The Bertz CT molecular complexity index is 425. The number of nitro benzene ring substituents is 1. The van der Waals surface area contributed by atoms with Crippen molar-refractivity contribution in [2.75, 3.05) is 0 Å². The maximum Gasteiger partial charge on any atom is 0.346 e. The molecule has 0 saturated carbocycles. The van der Waals surface area contributed by atoms with Crippen molar-refractivity contribution in [1.82, 2.24) is 0 Å². The van der Waals surface area contributed by atoms with Crippen LogP contribution in [0.25, 0.3) is 0 Å². The number of hydrogen-bond donors (Lipinski definition) is 1. The van der Waals surface area contributed by atoms with Gasteiger partial charge in [-0.05, 0) is 6.07 Å². The summed E-state index contributed by atoms with van der Waals surface area (Å²) in [4.78, 5) is 9.30. The zero-order chi connectivity index (χ0) is 10.7. The monoisotopic (exact) mass is 196 g/mol. The van der Waals surface area contributed by atoms with Crippen molar-refractivity contribution >= 4 is 5.69 Å². The number of nitro groups is 1. The van der Waals surface area contributed by atoms with Gasteiger partial charge < -0.3 is 5.11 Å². The van der Waals surface area contributed by atoms with Gasteiger partial charge in [0.15, 0.2) is 0 Å². The molecule has 1 N–H and O–H groups in total. The van der Waals surface area contributed by atoms with Crippen molar-refractivity contribution in [3.63, 3.8) is 0 Å². The number of phenols is 1. The topological polar surface area (TPSA) is 87.2 Å². The lowest BCUT2D eigenvalue weighted by Crippen LogP contribution is -1.95. The molecule has 6 heteroatoms. The van der Waals surface area contributed by atoms with E-state index in [1.165, 1.54) is 0 Å². The van der Waals surface area contributed by atoms with Crippen LogP contribution in [0.5, 0.6) is 5.75 Å². The third-order valence-corrected chi connectivity index (χ3v) is 1.64. The zero-order valence-electron chi connectivity index (χ0n) is 6.90. The van der Waals surface area contributed by atoms with Crippen LogP contribution in [0.3, 0.4) is 0 Å². The molecule has 72 valence electrons. The maximum absolute atomic E-state index is 12.8. The average molecular weight is 196 g/mol. The van der Waals surface area contributed by atoms with Gasteiger partial charge in [-0.1, -0.05) is 6.07 Å². The van der Waals surface area contributed by atoms with Crippen LogP contribution >= 0.6 is 0 Å². The minimum Gasteiger partial charge on any atom is -0.502 e. The van der Waals surface area contributed by atoms with Crippen molar-refractivity contribution in [3.8, 4) is 11.8 Å². The summed E-state index contributed by atoms with van der Waals surface area (Å²) in [5, 5.41) is 27.9. The van der Waals surface area contributed by atoms with Crippen molar-refractivity contribution < 1.29 is 14.4 Å². The van der Waals surface area contributed by atoms with E-state index in [-0.39, 0.29) is 12.0 Å². The summed E-state index contributed by atoms with van der Waals surface area (Å²) in [5.41, 5.74) is -0.946. The third kappa shape index (κ3) is 1.61. The standard InChI is InChI=1S/C8H5FN2O3/c9-6-2-1-5(3-4-10)8(12)7(6)11(13)14/h1-2,12H,3H2. The number of aromatic hydroxyl groups is 1. The third-order valence-electron chi connectivity index (χ3n) is 1.64. The number of phenolic OH excluding ortho intramolecular Hbond substituents is 1. The molecule has 0 aliphatic heterocycles. The normalized spacial score (nSPS) is 9.43. The highest BCUT2D eigenvalue weighted by Gasteiger charge is 2.22. The number of rotatable bonds is 2. The highest BCUT2D eigenvalue weighted by Crippen LogP contribution is 2.32. The Morgan fingerprint density at radius 2 is 2.29 bits per heavy atom. The van der Waals surface area contributed by atoms with E-state index in [0.29, 0.717) is 0 Å². The molecule has 1 aromatic rings. The molecule has 1 aromatic carbocycles. The maximum atomic E-state index is 12.8. The van der Waals surface area contributed by atoms with Crippen molar-refractivity contribution in [1.29, 1.82) is 5.26 Å². The number of nitriles is 1. The average Bonchev–Trinajstić information content (AvgIpc) is 2.10. The quantitative estimate of drug-likeness (QED) is 0.573. The second-order valence-corrected chi connectivity index (χ2v) is 2.50. The number of nitrogens with zero attached hydrogens (tertiary/aromatic N) is 2. The highest BCUT2D eigenvalue weighted by atomic mass is 19.1. The predicted molar refractivity (Wildman–Crippen MR) is 44.0 cm³/mol. The summed E-state index contributed by atoms with van der Waals surface area (Å²) in [6.07, 6.45) is -0.201. The molecule has 0 spiro atoms. The van der Waals surface area contributed by atoms with E-state index in [0.717, 1.165) is 12.1 Å². The fourth-order valence-corrected chi connectivity index (χ4v) is 0.998. The van der Waals surface area contributed by atoms with Crippen LogP contribution in [0, 0.1) is 27.3 Å². The molecular weight excluding hydrogens is 191 g/mol. The summed E-state index contributed by atoms with van der Waals surface area (Å²) in [6.45, 7) is 0. The Hall–Kier alpha value is -2.16. The zero-order valence-corrected chi connectivity index (χ0v) is 6.90. The molecule has 0 bridgehead atoms. The Kier molecular flexibility index (Phi) is 2.62. The van der Waals surface area contributed by atoms with E-state index in [1.807, 2.05) is 0 Å². The number of hydrogen-bond acceptors (Lipinski definition) is 4. The van der Waals surface area contributed by atoms with E-state index in [1.54, 1.807) is 6.07 Å². The van der Waals surface area contributed by atoms with Crippen molar-refractivity contribution in [2.24, 2.45) is 0 Å². The van der Waals surface area contributed by atoms with E-state index >= 15 is 0 Å².